The minimum Gasteiger partial charge on any atom is -0.317 e. The summed E-state index contributed by atoms with van der Waals surface area (Å²) in [5.41, 5.74) is -0.411. The average Bonchev–Trinajstić information content (AvgIpc) is 2.82. The maximum atomic E-state index is 13.4. The molecule has 0 bridgehead atoms. The zero-order valence-electron chi connectivity index (χ0n) is 11.3. The Kier molecular flexibility index (Phi) is 3.52. The van der Waals surface area contributed by atoms with Crippen LogP contribution in [0.2, 0.25) is 0 Å². The summed E-state index contributed by atoms with van der Waals surface area (Å²) >= 11 is 0. The highest BCUT2D eigenvalue weighted by molar-refractivity contribution is 6.01. The van der Waals surface area contributed by atoms with Crippen LogP contribution in [0.15, 0.2) is 18.2 Å². The first kappa shape index (κ1) is 14.1. The molecular formula is C13H14F2N4O. The molecule has 0 fully saturated rings. The predicted octanol–water partition coefficient (Wildman–Crippen LogP) is 2.63. The zero-order valence-corrected chi connectivity index (χ0v) is 11.3. The molecule has 0 aliphatic heterocycles. The van der Waals surface area contributed by atoms with Crippen LogP contribution in [0.3, 0.4) is 0 Å². The number of aromatic amines is 1. The summed E-state index contributed by atoms with van der Waals surface area (Å²) < 4.78 is 26.2. The van der Waals surface area contributed by atoms with Crippen LogP contribution >= 0.6 is 0 Å². The number of benzene rings is 1. The molecule has 2 N–H and O–H groups in total. The molecule has 0 spiro atoms. The fourth-order valence-electron chi connectivity index (χ4n) is 1.47. The van der Waals surface area contributed by atoms with Gasteiger partial charge < -0.3 is 5.32 Å². The van der Waals surface area contributed by atoms with Crippen molar-refractivity contribution in [1.29, 1.82) is 0 Å². The van der Waals surface area contributed by atoms with Gasteiger partial charge in [0.05, 0.1) is 5.69 Å². The number of amides is 1. The molecule has 1 aromatic heterocycles. The SMILES string of the molecule is CC(C)(C)c1nc(C(=O)Nc2ccc(F)cc2F)n[nH]1. The highest BCUT2D eigenvalue weighted by atomic mass is 19.1. The lowest BCUT2D eigenvalue weighted by Gasteiger charge is -2.12. The van der Waals surface area contributed by atoms with Gasteiger partial charge in [0.25, 0.3) is 5.91 Å². The second kappa shape index (κ2) is 4.99. The third-order valence-electron chi connectivity index (χ3n) is 2.58. The molecule has 1 aromatic carbocycles. The molecule has 0 unspecified atom stereocenters. The lowest BCUT2D eigenvalue weighted by atomic mass is 9.96. The van der Waals surface area contributed by atoms with E-state index in [2.05, 4.69) is 20.5 Å². The Hall–Kier alpha value is -2.31. The Balaban J connectivity index is 2.18. The van der Waals surface area contributed by atoms with Crippen molar-refractivity contribution >= 4 is 11.6 Å². The van der Waals surface area contributed by atoms with Crippen molar-refractivity contribution in [2.75, 3.05) is 5.32 Å². The number of carbonyl (C=O) groups is 1. The highest BCUT2D eigenvalue weighted by Gasteiger charge is 2.21. The van der Waals surface area contributed by atoms with E-state index >= 15 is 0 Å². The van der Waals surface area contributed by atoms with Gasteiger partial charge in [0, 0.05) is 11.5 Å². The molecule has 5 nitrogen and oxygen atoms in total. The van der Waals surface area contributed by atoms with Crippen molar-refractivity contribution in [3.05, 3.63) is 41.5 Å². The number of hydrogen-bond donors (Lipinski definition) is 2. The largest absolute Gasteiger partial charge is 0.317 e. The van der Waals surface area contributed by atoms with Crippen LogP contribution in [-0.2, 0) is 5.41 Å². The second-order valence-corrected chi connectivity index (χ2v) is 5.34. The predicted molar refractivity (Wildman–Crippen MR) is 69.4 cm³/mol. The summed E-state index contributed by atoms with van der Waals surface area (Å²) in [7, 11) is 0. The van der Waals surface area contributed by atoms with Crippen LogP contribution < -0.4 is 5.32 Å². The molecule has 0 saturated heterocycles. The summed E-state index contributed by atoms with van der Waals surface area (Å²) in [4.78, 5) is 15.9. The number of carbonyl (C=O) groups excluding carboxylic acids is 1. The van der Waals surface area contributed by atoms with E-state index in [1.54, 1.807) is 0 Å². The molecule has 1 heterocycles. The topological polar surface area (TPSA) is 70.7 Å². The molecule has 20 heavy (non-hydrogen) atoms. The van der Waals surface area contributed by atoms with E-state index in [1.807, 2.05) is 20.8 Å². The number of anilines is 1. The van der Waals surface area contributed by atoms with Gasteiger partial charge >= 0.3 is 0 Å². The number of hydrogen-bond acceptors (Lipinski definition) is 3. The highest BCUT2D eigenvalue weighted by Crippen LogP contribution is 2.18. The number of nitrogens with one attached hydrogen (secondary N) is 2. The lowest BCUT2D eigenvalue weighted by Crippen LogP contribution is -2.16. The fraction of sp³-hybridized carbons (Fsp3) is 0.308. The molecule has 0 atom stereocenters. The Morgan fingerprint density at radius 1 is 1.30 bits per heavy atom. The maximum absolute atomic E-state index is 13.4. The van der Waals surface area contributed by atoms with Crippen LogP contribution in [0, 0.1) is 11.6 Å². The monoisotopic (exact) mass is 280 g/mol. The van der Waals surface area contributed by atoms with Gasteiger partial charge in [0.1, 0.15) is 17.5 Å². The van der Waals surface area contributed by atoms with Crippen LogP contribution in [0.25, 0.3) is 0 Å². The van der Waals surface area contributed by atoms with E-state index in [0.717, 1.165) is 12.1 Å². The third kappa shape index (κ3) is 2.98. The third-order valence-corrected chi connectivity index (χ3v) is 2.58. The van der Waals surface area contributed by atoms with E-state index in [9.17, 15) is 13.6 Å². The van der Waals surface area contributed by atoms with Crippen molar-refractivity contribution < 1.29 is 13.6 Å². The molecule has 2 rings (SSSR count). The van der Waals surface area contributed by atoms with Crippen LogP contribution in [0.5, 0.6) is 0 Å². The lowest BCUT2D eigenvalue weighted by molar-refractivity contribution is 0.101. The van der Waals surface area contributed by atoms with Gasteiger partial charge in [-0.1, -0.05) is 20.8 Å². The van der Waals surface area contributed by atoms with E-state index in [0.29, 0.717) is 11.9 Å². The van der Waals surface area contributed by atoms with E-state index in [1.165, 1.54) is 0 Å². The second-order valence-electron chi connectivity index (χ2n) is 5.34. The molecule has 0 saturated carbocycles. The first-order chi connectivity index (χ1) is 9.27. The standard InChI is InChI=1S/C13H14F2N4O/c1-13(2,3)12-17-10(18-19-12)11(20)16-9-5-4-7(14)6-8(9)15/h4-6H,1-3H3,(H,16,20)(H,17,18,19). The van der Waals surface area contributed by atoms with Gasteiger partial charge in [-0.2, -0.15) is 0 Å². The van der Waals surface area contributed by atoms with Crippen molar-refractivity contribution in [3.63, 3.8) is 0 Å². The quantitative estimate of drug-likeness (QED) is 0.888. The normalized spacial score (nSPS) is 11.4. The minimum absolute atomic E-state index is 0.0985. The van der Waals surface area contributed by atoms with Crippen LogP contribution in [-0.4, -0.2) is 21.1 Å². The van der Waals surface area contributed by atoms with E-state index in [-0.39, 0.29) is 16.9 Å². The number of H-pyrrole nitrogens is 1. The first-order valence-corrected chi connectivity index (χ1v) is 5.96. The summed E-state index contributed by atoms with van der Waals surface area (Å²) in [5.74, 6) is -1.79. The van der Waals surface area contributed by atoms with Gasteiger partial charge in [0.2, 0.25) is 5.82 Å². The molecule has 2 aromatic rings. The Morgan fingerprint density at radius 2 is 2.00 bits per heavy atom. The Labute approximate surface area is 114 Å². The molecule has 7 heteroatoms. The van der Waals surface area contributed by atoms with Crippen molar-refractivity contribution in [2.45, 2.75) is 26.2 Å². The molecular weight excluding hydrogens is 266 g/mol. The Bertz CT molecular complexity index is 646. The number of halogens is 2. The molecule has 0 aliphatic rings. The van der Waals surface area contributed by atoms with Crippen LogP contribution in [0.1, 0.15) is 37.2 Å². The van der Waals surface area contributed by atoms with Gasteiger partial charge in [-0.25, -0.2) is 13.8 Å². The zero-order chi connectivity index (χ0) is 14.9. The number of nitrogens with zero attached hydrogens (tertiary/aromatic N) is 2. The van der Waals surface area contributed by atoms with Gasteiger partial charge in [-0.15, -0.1) is 5.10 Å². The molecule has 106 valence electrons. The smallest absolute Gasteiger partial charge is 0.295 e. The van der Waals surface area contributed by atoms with Crippen molar-refractivity contribution in [2.24, 2.45) is 0 Å². The van der Waals surface area contributed by atoms with Crippen molar-refractivity contribution in [1.82, 2.24) is 15.2 Å². The summed E-state index contributed by atoms with van der Waals surface area (Å²) in [5, 5.41) is 8.73. The number of rotatable bonds is 2. The number of aromatic nitrogens is 3. The summed E-state index contributed by atoms with van der Waals surface area (Å²) in [6, 6.07) is 2.88. The van der Waals surface area contributed by atoms with Crippen LogP contribution in [0.4, 0.5) is 14.5 Å². The molecule has 1 amide bonds. The van der Waals surface area contributed by atoms with Crippen molar-refractivity contribution in [3.8, 4) is 0 Å². The Morgan fingerprint density at radius 3 is 2.55 bits per heavy atom. The van der Waals surface area contributed by atoms with Gasteiger partial charge in [-0.05, 0) is 12.1 Å². The summed E-state index contributed by atoms with van der Waals surface area (Å²) in [6.45, 7) is 5.73. The van der Waals surface area contributed by atoms with E-state index in [4.69, 9.17) is 0 Å². The van der Waals surface area contributed by atoms with E-state index < -0.39 is 17.5 Å². The van der Waals surface area contributed by atoms with Gasteiger partial charge in [0.15, 0.2) is 0 Å². The maximum Gasteiger partial charge on any atom is 0.295 e. The first-order valence-electron chi connectivity index (χ1n) is 5.96. The average molecular weight is 280 g/mol. The summed E-state index contributed by atoms with van der Waals surface area (Å²) in [6.07, 6.45) is 0. The van der Waals surface area contributed by atoms with Gasteiger partial charge in [-0.3, -0.25) is 9.89 Å². The molecule has 0 radical (unpaired) electrons. The minimum atomic E-state index is -0.857. The fourth-order valence-corrected chi connectivity index (χ4v) is 1.47. The molecule has 0 aliphatic carbocycles.